The Hall–Kier alpha value is -0.870. The Balaban J connectivity index is 2.51. The number of nitrogens with one attached hydrogen (secondary N) is 1. The van der Waals surface area contributed by atoms with Crippen LogP contribution < -0.4 is 11.1 Å². The van der Waals surface area contributed by atoms with Crippen LogP contribution in [0.3, 0.4) is 0 Å². The van der Waals surface area contributed by atoms with Crippen LogP contribution in [0.4, 0.5) is 0 Å². The van der Waals surface area contributed by atoms with Crippen LogP contribution in [-0.4, -0.2) is 12.5 Å². The summed E-state index contributed by atoms with van der Waals surface area (Å²) in [6.07, 6.45) is 1.73. The van der Waals surface area contributed by atoms with Crippen LogP contribution in [0.1, 0.15) is 38.3 Å². The fraction of sp³-hybridized carbons (Fsp3) is 0.500. The Morgan fingerprint density at radius 2 is 1.94 bits per heavy atom. The van der Waals surface area contributed by atoms with Gasteiger partial charge in [-0.2, -0.15) is 0 Å². The van der Waals surface area contributed by atoms with Gasteiger partial charge in [0.2, 0.25) is 5.91 Å². The summed E-state index contributed by atoms with van der Waals surface area (Å²) in [5.41, 5.74) is 6.56. The zero-order valence-electron chi connectivity index (χ0n) is 10.9. The molecule has 0 aromatic heterocycles. The zero-order valence-corrected chi connectivity index (χ0v) is 12.5. The molecule has 0 bridgehead atoms. The third-order valence-corrected chi connectivity index (χ3v) is 3.55. The number of nitrogens with two attached hydrogens (primary N) is 1. The van der Waals surface area contributed by atoms with E-state index in [1.807, 2.05) is 38.1 Å². The predicted molar refractivity (Wildman–Crippen MR) is 78.2 cm³/mol. The first-order valence-electron chi connectivity index (χ1n) is 6.30. The minimum absolute atomic E-state index is 0.0199. The topological polar surface area (TPSA) is 55.1 Å². The van der Waals surface area contributed by atoms with Crippen molar-refractivity contribution in [2.24, 2.45) is 11.7 Å². The minimum atomic E-state index is 0.0199. The number of hydrogen-bond acceptors (Lipinski definition) is 2. The highest BCUT2D eigenvalue weighted by molar-refractivity contribution is 9.10. The molecule has 3 nitrogen and oxygen atoms in total. The van der Waals surface area contributed by atoms with Crippen LogP contribution in [0.2, 0.25) is 0 Å². The van der Waals surface area contributed by atoms with Gasteiger partial charge >= 0.3 is 0 Å². The third-order valence-electron chi connectivity index (χ3n) is 3.02. The number of carbonyl (C=O) groups excluding carboxylic acids is 1. The molecule has 2 atom stereocenters. The molecule has 0 saturated carbocycles. The number of hydrogen-bond donors (Lipinski definition) is 2. The highest BCUT2D eigenvalue weighted by Gasteiger charge is 2.15. The van der Waals surface area contributed by atoms with Crippen molar-refractivity contribution in [1.82, 2.24) is 5.32 Å². The molecule has 0 aliphatic carbocycles. The Bertz CT molecular complexity index is 378. The molecule has 1 amide bonds. The Kier molecular flexibility index (Phi) is 6.36. The van der Waals surface area contributed by atoms with Crippen molar-refractivity contribution in [2.75, 3.05) is 6.54 Å². The largest absolute Gasteiger partial charge is 0.349 e. The SMILES string of the molecule is CC(CCCN)C(=O)N[C@H](C)c1ccc(Br)cc1. The molecular weight excluding hydrogens is 292 g/mol. The lowest BCUT2D eigenvalue weighted by Gasteiger charge is -2.18. The number of halogens is 1. The number of rotatable bonds is 6. The molecule has 0 spiro atoms. The van der Waals surface area contributed by atoms with Gasteiger partial charge < -0.3 is 11.1 Å². The van der Waals surface area contributed by atoms with Gasteiger partial charge in [-0.15, -0.1) is 0 Å². The molecular formula is C14H21BrN2O. The van der Waals surface area contributed by atoms with E-state index in [-0.39, 0.29) is 17.9 Å². The Labute approximate surface area is 117 Å². The van der Waals surface area contributed by atoms with Gasteiger partial charge in [0.15, 0.2) is 0 Å². The lowest BCUT2D eigenvalue weighted by atomic mass is 10.0. The van der Waals surface area contributed by atoms with Crippen LogP contribution in [0.15, 0.2) is 28.7 Å². The molecule has 1 unspecified atom stereocenters. The van der Waals surface area contributed by atoms with Gasteiger partial charge in [0.05, 0.1) is 6.04 Å². The maximum Gasteiger partial charge on any atom is 0.223 e. The molecule has 0 radical (unpaired) electrons. The third kappa shape index (κ3) is 4.78. The fourth-order valence-corrected chi connectivity index (χ4v) is 2.01. The maximum absolute atomic E-state index is 11.9. The quantitative estimate of drug-likeness (QED) is 0.848. The molecule has 4 heteroatoms. The standard InChI is InChI=1S/C14H21BrN2O/c1-10(4-3-9-16)14(18)17-11(2)12-5-7-13(15)8-6-12/h5-8,10-11H,3-4,9,16H2,1-2H3,(H,17,18)/t10?,11-/m1/s1. The Morgan fingerprint density at radius 3 is 2.50 bits per heavy atom. The van der Waals surface area contributed by atoms with Crippen LogP contribution in [0.5, 0.6) is 0 Å². The van der Waals surface area contributed by atoms with E-state index in [9.17, 15) is 4.79 Å². The van der Waals surface area contributed by atoms with Crippen molar-refractivity contribution in [3.05, 3.63) is 34.3 Å². The lowest BCUT2D eigenvalue weighted by molar-refractivity contribution is -0.125. The summed E-state index contributed by atoms with van der Waals surface area (Å²) in [6.45, 7) is 4.58. The van der Waals surface area contributed by atoms with E-state index in [0.29, 0.717) is 6.54 Å². The van der Waals surface area contributed by atoms with Crippen molar-refractivity contribution < 1.29 is 4.79 Å². The molecule has 1 aromatic rings. The van der Waals surface area contributed by atoms with Gasteiger partial charge in [0.1, 0.15) is 0 Å². The first kappa shape index (κ1) is 15.2. The van der Waals surface area contributed by atoms with E-state index in [1.54, 1.807) is 0 Å². The monoisotopic (exact) mass is 312 g/mol. The van der Waals surface area contributed by atoms with Gasteiger partial charge in [-0.1, -0.05) is 35.0 Å². The van der Waals surface area contributed by atoms with Crippen LogP contribution in [0.25, 0.3) is 0 Å². The molecule has 1 aromatic carbocycles. The van der Waals surface area contributed by atoms with Crippen molar-refractivity contribution in [3.8, 4) is 0 Å². The van der Waals surface area contributed by atoms with E-state index < -0.39 is 0 Å². The molecule has 0 aliphatic rings. The molecule has 0 fully saturated rings. The number of carbonyl (C=O) groups is 1. The maximum atomic E-state index is 11.9. The number of benzene rings is 1. The fourth-order valence-electron chi connectivity index (χ4n) is 1.75. The highest BCUT2D eigenvalue weighted by Crippen LogP contribution is 2.17. The Morgan fingerprint density at radius 1 is 1.33 bits per heavy atom. The minimum Gasteiger partial charge on any atom is -0.349 e. The van der Waals surface area contributed by atoms with Crippen molar-refractivity contribution >= 4 is 21.8 Å². The van der Waals surface area contributed by atoms with E-state index in [4.69, 9.17) is 5.73 Å². The summed E-state index contributed by atoms with van der Waals surface area (Å²) in [6, 6.07) is 8.02. The average Bonchev–Trinajstić information content (AvgIpc) is 2.36. The van der Waals surface area contributed by atoms with Gasteiger partial charge in [-0.05, 0) is 44.0 Å². The van der Waals surface area contributed by atoms with E-state index >= 15 is 0 Å². The predicted octanol–water partition coefficient (Wildman–Crippen LogP) is 3.00. The summed E-state index contributed by atoms with van der Waals surface area (Å²) >= 11 is 3.40. The van der Waals surface area contributed by atoms with Crippen molar-refractivity contribution in [1.29, 1.82) is 0 Å². The second-order valence-corrected chi connectivity index (χ2v) is 5.53. The second-order valence-electron chi connectivity index (χ2n) is 4.61. The van der Waals surface area contributed by atoms with Gasteiger partial charge in [-0.3, -0.25) is 4.79 Å². The van der Waals surface area contributed by atoms with E-state index in [1.165, 1.54) is 0 Å². The van der Waals surface area contributed by atoms with E-state index in [0.717, 1.165) is 22.9 Å². The molecule has 0 heterocycles. The summed E-state index contributed by atoms with van der Waals surface area (Å²) < 4.78 is 1.04. The molecule has 0 saturated heterocycles. The summed E-state index contributed by atoms with van der Waals surface area (Å²) in [5.74, 6) is 0.116. The van der Waals surface area contributed by atoms with Crippen molar-refractivity contribution in [2.45, 2.75) is 32.7 Å². The summed E-state index contributed by atoms with van der Waals surface area (Å²) in [7, 11) is 0. The lowest BCUT2D eigenvalue weighted by Crippen LogP contribution is -2.31. The number of amides is 1. The van der Waals surface area contributed by atoms with Gasteiger partial charge in [0.25, 0.3) is 0 Å². The first-order valence-corrected chi connectivity index (χ1v) is 7.09. The molecule has 18 heavy (non-hydrogen) atoms. The normalized spacial score (nSPS) is 14.0. The van der Waals surface area contributed by atoms with Crippen LogP contribution in [-0.2, 0) is 4.79 Å². The van der Waals surface area contributed by atoms with E-state index in [2.05, 4.69) is 21.2 Å². The summed E-state index contributed by atoms with van der Waals surface area (Å²) in [5, 5.41) is 3.03. The average molecular weight is 313 g/mol. The highest BCUT2D eigenvalue weighted by atomic mass is 79.9. The first-order chi connectivity index (χ1) is 8.54. The van der Waals surface area contributed by atoms with Crippen LogP contribution in [0, 0.1) is 5.92 Å². The molecule has 1 rings (SSSR count). The summed E-state index contributed by atoms with van der Waals surface area (Å²) in [4.78, 5) is 11.9. The molecule has 0 aliphatic heterocycles. The van der Waals surface area contributed by atoms with Gasteiger partial charge in [-0.25, -0.2) is 0 Å². The zero-order chi connectivity index (χ0) is 13.5. The van der Waals surface area contributed by atoms with Crippen LogP contribution >= 0.6 is 15.9 Å². The molecule has 100 valence electrons. The molecule has 3 N–H and O–H groups in total. The smallest absolute Gasteiger partial charge is 0.223 e. The van der Waals surface area contributed by atoms with Gasteiger partial charge in [0, 0.05) is 10.4 Å². The van der Waals surface area contributed by atoms with Crippen molar-refractivity contribution in [3.63, 3.8) is 0 Å². The second kappa shape index (κ2) is 7.54.